The second kappa shape index (κ2) is 6.63. The van der Waals surface area contributed by atoms with Crippen molar-refractivity contribution in [1.29, 1.82) is 0 Å². The molecule has 1 saturated heterocycles. The van der Waals surface area contributed by atoms with Gasteiger partial charge in [0.1, 0.15) is 5.75 Å². The van der Waals surface area contributed by atoms with Gasteiger partial charge in [0, 0.05) is 23.3 Å². The Labute approximate surface area is 147 Å². The van der Waals surface area contributed by atoms with E-state index in [9.17, 15) is 4.79 Å². The summed E-state index contributed by atoms with van der Waals surface area (Å²) in [4.78, 5) is 18.6. The Morgan fingerprint density at radius 1 is 1.12 bits per heavy atom. The number of aromatic amines is 1. The number of fused-ring (bicyclic) bond motifs is 1. The number of hydrogen-bond acceptors (Lipinski definition) is 2. The van der Waals surface area contributed by atoms with Crippen LogP contribution in [0.2, 0.25) is 0 Å². The minimum atomic E-state index is 0.0889. The molecule has 1 N–H and O–H groups in total. The van der Waals surface area contributed by atoms with Gasteiger partial charge in [-0.05, 0) is 61.0 Å². The van der Waals surface area contributed by atoms with Crippen LogP contribution in [-0.2, 0) is 0 Å². The molecular formula is C21H22N2O2. The van der Waals surface area contributed by atoms with Crippen molar-refractivity contribution < 1.29 is 9.53 Å². The van der Waals surface area contributed by atoms with Crippen molar-refractivity contribution in [2.75, 3.05) is 13.7 Å². The molecule has 0 bridgehead atoms. The molecule has 0 saturated carbocycles. The quantitative estimate of drug-likeness (QED) is 0.764. The first-order chi connectivity index (χ1) is 12.3. The molecule has 0 spiro atoms. The summed E-state index contributed by atoms with van der Waals surface area (Å²) in [6.07, 6.45) is 3.19. The standard InChI is InChI=1S/C21H22N2O2/c1-25-17-11-9-15(10-12-17)21(24)23-13-5-4-8-20(23)19-14-16-6-2-3-7-18(16)22-19/h2-3,6-7,9-12,14,20,22H,4-5,8,13H2,1H3. The van der Waals surface area contributed by atoms with E-state index in [1.807, 2.05) is 41.3 Å². The molecule has 1 fully saturated rings. The lowest BCUT2D eigenvalue weighted by Gasteiger charge is -2.35. The Morgan fingerprint density at radius 2 is 1.92 bits per heavy atom. The molecule has 1 aliphatic rings. The predicted octanol–water partition coefficient (Wildman–Crippen LogP) is 4.54. The van der Waals surface area contributed by atoms with Gasteiger partial charge >= 0.3 is 0 Å². The number of H-pyrrole nitrogens is 1. The van der Waals surface area contributed by atoms with Crippen molar-refractivity contribution in [3.8, 4) is 5.75 Å². The fourth-order valence-corrected chi connectivity index (χ4v) is 3.67. The minimum Gasteiger partial charge on any atom is -0.497 e. The molecule has 4 rings (SSSR count). The molecule has 4 heteroatoms. The smallest absolute Gasteiger partial charge is 0.254 e. The highest BCUT2D eigenvalue weighted by Gasteiger charge is 2.29. The van der Waals surface area contributed by atoms with E-state index in [-0.39, 0.29) is 11.9 Å². The lowest BCUT2D eigenvalue weighted by Crippen LogP contribution is -2.38. The number of rotatable bonds is 3. The summed E-state index contributed by atoms with van der Waals surface area (Å²) in [5.41, 5.74) is 2.96. The van der Waals surface area contributed by atoms with Gasteiger partial charge in [-0.15, -0.1) is 0 Å². The lowest BCUT2D eigenvalue weighted by molar-refractivity contribution is 0.0607. The summed E-state index contributed by atoms with van der Waals surface area (Å²) in [6, 6.07) is 17.9. The number of nitrogens with one attached hydrogen (secondary N) is 1. The van der Waals surface area contributed by atoms with Crippen LogP contribution in [-0.4, -0.2) is 29.4 Å². The summed E-state index contributed by atoms with van der Waals surface area (Å²) in [6.45, 7) is 0.797. The van der Waals surface area contributed by atoms with Gasteiger partial charge in [-0.1, -0.05) is 18.2 Å². The van der Waals surface area contributed by atoms with Crippen LogP contribution in [0.15, 0.2) is 54.6 Å². The molecule has 0 radical (unpaired) electrons. The molecule has 2 heterocycles. The summed E-state index contributed by atoms with van der Waals surface area (Å²) < 4.78 is 5.19. The maximum atomic E-state index is 13.1. The van der Waals surface area contributed by atoms with Gasteiger partial charge < -0.3 is 14.6 Å². The molecule has 2 aromatic carbocycles. The van der Waals surface area contributed by atoms with Crippen LogP contribution in [0.3, 0.4) is 0 Å². The summed E-state index contributed by atoms with van der Waals surface area (Å²) in [5, 5.41) is 1.19. The maximum Gasteiger partial charge on any atom is 0.254 e. The number of amides is 1. The normalized spacial score (nSPS) is 17.6. The minimum absolute atomic E-state index is 0.0889. The fourth-order valence-electron chi connectivity index (χ4n) is 3.67. The summed E-state index contributed by atoms with van der Waals surface area (Å²) in [5.74, 6) is 0.855. The van der Waals surface area contributed by atoms with Gasteiger partial charge in [0.15, 0.2) is 0 Å². The molecule has 3 aromatic rings. The number of likely N-dealkylation sites (tertiary alicyclic amines) is 1. The first kappa shape index (κ1) is 15.8. The van der Waals surface area contributed by atoms with Crippen molar-refractivity contribution >= 4 is 16.8 Å². The highest BCUT2D eigenvalue weighted by Crippen LogP contribution is 2.33. The molecule has 1 aromatic heterocycles. The van der Waals surface area contributed by atoms with Gasteiger partial charge in [-0.2, -0.15) is 0 Å². The van der Waals surface area contributed by atoms with Crippen molar-refractivity contribution in [3.63, 3.8) is 0 Å². The first-order valence-electron chi connectivity index (χ1n) is 8.79. The van der Waals surface area contributed by atoms with E-state index < -0.39 is 0 Å². The summed E-state index contributed by atoms with van der Waals surface area (Å²) >= 11 is 0. The van der Waals surface area contributed by atoms with Crippen molar-refractivity contribution in [1.82, 2.24) is 9.88 Å². The Hall–Kier alpha value is -2.75. The number of methoxy groups -OCH3 is 1. The number of aromatic nitrogens is 1. The third-order valence-corrected chi connectivity index (χ3v) is 5.01. The van der Waals surface area contributed by atoms with Crippen LogP contribution in [0.25, 0.3) is 10.9 Å². The number of piperidine rings is 1. The SMILES string of the molecule is COc1ccc(C(=O)N2CCCCC2c2cc3ccccc3[nH]2)cc1. The number of hydrogen-bond donors (Lipinski definition) is 1. The second-order valence-corrected chi connectivity index (χ2v) is 6.55. The molecule has 25 heavy (non-hydrogen) atoms. The molecule has 128 valence electrons. The van der Waals surface area contributed by atoms with Crippen molar-refractivity contribution in [2.45, 2.75) is 25.3 Å². The monoisotopic (exact) mass is 334 g/mol. The van der Waals surface area contributed by atoms with Gasteiger partial charge in [-0.3, -0.25) is 4.79 Å². The number of carbonyl (C=O) groups excluding carboxylic acids is 1. The van der Waals surface area contributed by atoms with Gasteiger partial charge in [0.2, 0.25) is 0 Å². The summed E-state index contributed by atoms with van der Waals surface area (Å²) in [7, 11) is 1.63. The van der Waals surface area contributed by atoms with Crippen LogP contribution >= 0.6 is 0 Å². The van der Waals surface area contributed by atoms with E-state index >= 15 is 0 Å². The van der Waals surface area contributed by atoms with E-state index in [0.29, 0.717) is 5.56 Å². The number of nitrogens with zero attached hydrogens (tertiary/aromatic N) is 1. The molecule has 0 aliphatic carbocycles. The van der Waals surface area contributed by atoms with Crippen molar-refractivity contribution in [2.24, 2.45) is 0 Å². The topological polar surface area (TPSA) is 45.3 Å². The maximum absolute atomic E-state index is 13.1. The largest absolute Gasteiger partial charge is 0.497 e. The van der Waals surface area contributed by atoms with Gasteiger partial charge in [0.25, 0.3) is 5.91 Å². The van der Waals surface area contributed by atoms with Crippen LogP contribution in [0.4, 0.5) is 0 Å². The van der Waals surface area contributed by atoms with E-state index in [1.54, 1.807) is 7.11 Å². The van der Waals surface area contributed by atoms with Crippen LogP contribution in [0.5, 0.6) is 5.75 Å². The first-order valence-corrected chi connectivity index (χ1v) is 8.79. The molecule has 4 nitrogen and oxygen atoms in total. The Morgan fingerprint density at radius 3 is 2.68 bits per heavy atom. The fraction of sp³-hybridized carbons (Fsp3) is 0.286. The molecule has 1 aliphatic heterocycles. The van der Waals surface area contributed by atoms with E-state index in [4.69, 9.17) is 4.74 Å². The number of para-hydroxylation sites is 1. The van der Waals surface area contributed by atoms with E-state index in [0.717, 1.165) is 42.8 Å². The highest BCUT2D eigenvalue weighted by molar-refractivity contribution is 5.94. The predicted molar refractivity (Wildman–Crippen MR) is 98.9 cm³/mol. The lowest BCUT2D eigenvalue weighted by atomic mass is 9.98. The Kier molecular flexibility index (Phi) is 4.18. The van der Waals surface area contributed by atoms with Crippen LogP contribution in [0, 0.1) is 0 Å². The van der Waals surface area contributed by atoms with Crippen molar-refractivity contribution in [3.05, 3.63) is 65.9 Å². The average Bonchev–Trinajstić information content (AvgIpc) is 3.11. The van der Waals surface area contributed by atoms with E-state index in [1.165, 1.54) is 5.39 Å². The number of ether oxygens (including phenoxy) is 1. The third-order valence-electron chi connectivity index (χ3n) is 5.01. The number of carbonyl (C=O) groups is 1. The van der Waals surface area contributed by atoms with Gasteiger partial charge in [-0.25, -0.2) is 0 Å². The van der Waals surface area contributed by atoms with E-state index in [2.05, 4.69) is 23.2 Å². The second-order valence-electron chi connectivity index (χ2n) is 6.55. The molecule has 1 unspecified atom stereocenters. The molecular weight excluding hydrogens is 312 g/mol. The van der Waals surface area contributed by atoms with Crippen LogP contribution in [0.1, 0.15) is 41.4 Å². The number of benzene rings is 2. The highest BCUT2D eigenvalue weighted by atomic mass is 16.5. The molecule has 1 amide bonds. The zero-order valence-electron chi connectivity index (χ0n) is 14.4. The zero-order chi connectivity index (χ0) is 17.2. The van der Waals surface area contributed by atoms with Crippen LogP contribution < -0.4 is 4.74 Å². The zero-order valence-corrected chi connectivity index (χ0v) is 14.4. The Balaban J connectivity index is 1.64. The average molecular weight is 334 g/mol. The Bertz CT molecular complexity index is 849. The van der Waals surface area contributed by atoms with Gasteiger partial charge in [0.05, 0.1) is 13.2 Å². The third kappa shape index (κ3) is 3.00. The molecule has 1 atom stereocenters.